The Morgan fingerprint density at radius 1 is 1.13 bits per heavy atom. The first-order valence-electron chi connectivity index (χ1n) is 10.8. The molecule has 0 saturated carbocycles. The number of fused-ring (bicyclic) bond motifs is 2. The summed E-state index contributed by atoms with van der Waals surface area (Å²) in [5, 5.41) is 5.46. The van der Waals surface area contributed by atoms with Crippen molar-refractivity contribution in [3.63, 3.8) is 0 Å². The number of rotatable bonds is 5. The summed E-state index contributed by atoms with van der Waals surface area (Å²) in [7, 11) is 0. The van der Waals surface area contributed by atoms with Crippen molar-refractivity contribution in [2.45, 2.75) is 52.0 Å². The van der Waals surface area contributed by atoms with E-state index in [1.54, 1.807) is 6.07 Å². The van der Waals surface area contributed by atoms with Crippen molar-refractivity contribution >= 4 is 32.5 Å². The second-order valence-electron chi connectivity index (χ2n) is 7.87. The summed E-state index contributed by atoms with van der Waals surface area (Å²) < 4.78 is 3.89. The molecule has 5 rings (SSSR count). The highest BCUT2D eigenvalue weighted by Crippen LogP contribution is 2.32. The molecule has 3 aromatic heterocycles. The molecule has 4 aromatic rings. The molecule has 156 valence electrons. The maximum atomic E-state index is 12.4. The van der Waals surface area contributed by atoms with Gasteiger partial charge >= 0.3 is 0 Å². The van der Waals surface area contributed by atoms with Crippen LogP contribution in [0.2, 0.25) is 0 Å². The van der Waals surface area contributed by atoms with E-state index in [1.165, 1.54) is 21.4 Å². The Labute approximate surface area is 179 Å². The molecule has 0 unspecified atom stereocenters. The fourth-order valence-corrected chi connectivity index (χ4v) is 5.40. The topological polar surface area (TPSA) is 68.3 Å². The average Bonchev–Trinajstić information content (AvgIpc) is 3.36. The highest BCUT2D eigenvalue weighted by Gasteiger charge is 2.26. The van der Waals surface area contributed by atoms with Crippen molar-refractivity contribution in [2.24, 2.45) is 0 Å². The fraction of sp³-hybridized carbons (Fsp3) is 0.455. The van der Waals surface area contributed by atoms with Crippen LogP contribution >= 0.6 is 11.3 Å². The van der Waals surface area contributed by atoms with Crippen LogP contribution in [0, 0.1) is 0 Å². The molecule has 0 atom stereocenters. The van der Waals surface area contributed by atoms with E-state index in [4.69, 9.17) is 4.98 Å². The van der Waals surface area contributed by atoms with Crippen LogP contribution < -0.4 is 10.5 Å². The number of nitrogens with zero attached hydrogens (tertiary/aromatic N) is 6. The molecule has 4 heterocycles. The summed E-state index contributed by atoms with van der Waals surface area (Å²) >= 11 is 1.51. The zero-order valence-corrected chi connectivity index (χ0v) is 18.2. The minimum Gasteiger partial charge on any atom is -0.347 e. The average molecular weight is 423 g/mol. The van der Waals surface area contributed by atoms with Gasteiger partial charge in [0, 0.05) is 37.3 Å². The Bertz CT molecular complexity index is 1250. The fourth-order valence-electron chi connectivity index (χ4n) is 4.42. The van der Waals surface area contributed by atoms with E-state index >= 15 is 0 Å². The first kappa shape index (κ1) is 19.2. The Morgan fingerprint density at radius 3 is 2.70 bits per heavy atom. The maximum absolute atomic E-state index is 12.4. The predicted octanol–water partition coefficient (Wildman–Crippen LogP) is 3.86. The number of aromatic nitrogens is 5. The van der Waals surface area contributed by atoms with Gasteiger partial charge in [-0.25, -0.2) is 9.97 Å². The lowest BCUT2D eigenvalue weighted by Gasteiger charge is -2.33. The third-order valence-corrected chi connectivity index (χ3v) is 6.85. The second kappa shape index (κ2) is 7.83. The molecule has 0 aliphatic carbocycles. The van der Waals surface area contributed by atoms with E-state index < -0.39 is 0 Å². The number of para-hydroxylation sites is 2. The Hall–Kier alpha value is -2.74. The summed E-state index contributed by atoms with van der Waals surface area (Å²) in [4.78, 5) is 24.9. The van der Waals surface area contributed by atoms with E-state index in [0.717, 1.165) is 67.4 Å². The lowest BCUT2D eigenvalue weighted by atomic mass is 10.0. The van der Waals surface area contributed by atoms with Crippen LogP contribution in [0.4, 0.5) is 5.13 Å². The van der Waals surface area contributed by atoms with Crippen molar-refractivity contribution < 1.29 is 0 Å². The van der Waals surface area contributed by atoms with Gasteiger partial charge in [-0.05, 0) is 31.4 Å². The van der Waals surface area contributed by atoms with Gasteiger partial charge in [0.05, 0.1) is 11.0 Å². The van der Waals surface area contributed by atoms with Gasteiger partial charge in [0.25, 0.3) is 5.56 Å². The van der Waals surface area contributed by atoms with E-state index in [2.05, 4.69) is 57.7 Å². The zero-order valence-electron chi connectivity index (χ0n) is 17.4. The molecule has 1 fully saturated rings. The predicted molar refractivity (Wildman–Crippen MR) is 121 cm³/mol. The molecule has 0 radical (unpaired) electrons. The van der Waals surface area contributed by atoms with Crippen LogP contribution in [0.15, 0.2) is 35.1 Å². The highest BCUT2D eigenvalue weighted by molar-refractivity contribution is 7.20. The van der Waals surface area contributed by atoms with Crippen LogP contribution in [-0.4, -0.2) is 37.2 Å². The van der Waals surface area contributed by atoms with Gasteiger partial charge in [-0.3, -0.25) is 4.79 Å². The second-order valence-corrected chi connectivity index (χ2v) is 8.81. The molecule has 0 amide bonds. The quantitative estimate of drug-likeness (QED) is 0.489. The van der Waals surface area contributed by atoms with Gasteiger partial charge in [0.1, 0.15) is 5.82 Å². The Morgan fingerprint density at radius 2 is 1.93 bits per heavy atom. The zero-order chi connectivity index (χ0) is 20.7. The van der Waals surface area contributed by atoms with E-state index in [0.29, 0.717) is 11.0 Å². The van der Waals surface area contributed by atoms with Gasteiger partial charge in [-0.15, -0.1) is 5.10 Å². The number of hydrogen-bond donors (Lipinski definition) is 0. The van der Waals surface area contributed by atoms with Gasteiger partial charge in [0.15, 0.2) is 0 Å². The minimum atomic E-state index is -0.0849. The van der Waals surface area contributed by atoms with Gasteiger partial charge in [-0.1, -0.05) is 43.7 Å². The summed E-state index contributed by atoms with van der Waals surface area (Å²) in [5.74, 6) is 1.16. The standard InChI is InChI=1S/C22H26N6OS/c1-3-7-15-14-20(29)28-21(23-15)30-22(25-28)26-12-10-16(11-13-26)27-18-9-6-5-8-17(18)24-19(27)4-2/h5-6,8-9,14,16H,3-4,7,10-13H2,1-2H3. The summed E-state index contributed by atoms with van der Waals surface area (Å²) in [5.41, 5.74) is 3.08. The van der Waals surface area contributed by atoms with Crippen LogP contribution in [0.25, 0.3) is 16.0 Å². The van der Waals surface area contributed by atoms with E-state index in [1.807, 2.05) is 0 Å². The highest BCUT2D eigenvalue weighted by atomic mass is 32.1. The molecular formula is C22H26N6OS. The SMILES string of the molecule is CCCc1cc(=O)n2nc(N3CCC(n4c(CC)nc5ccccc54)CC3)sc2n1. The Kier molecular flexibility index (Phi) is 5.02. The number of benzene rings is 1. The molecule has 0 spiro atoms. The molecule has 0 bridgehead atoms. The van der Waals surface area contributed by atoms with Crippen molar-refractivity contribution in [3.8, 4) is 0 Å². The van der Waals surface area contributed by atoms with Crippen LogP contribution in [0.5, 0.6) is 0 Å². The third-order valence-electron chi connectivity index (χ3n) is 5.88. The normalized spacial score (nSPS) is 15.5. The van der Waals surface area contributed by atoms with Gasteiger partial charge in [0.2, 0.25) is 10.1 Å². The molecule has 1 aliphatic rings. The number of piperidine rings is 1. The smallest absolute Gasteiger partial charge is 0.275 e. The molecule has 1 aliphatic heterocycles. The molecule has 30 heavy (non-hydrogen) atoms. The molecule has 1 saturated heterocycles. The molecular weight excluding hydrogens is 396 g/mol. The lowest BCUT2D eigenvalue weighted by molar-refractivity contribution is 0.394. The minimum absolute atomic E-state index is 0.0849. The number of imidazole rings is 1. The summed E-state index contributed by atoms with van der Waals surface area (Å²) in [6.07, 6.45) is 4.80. The summed E-state index contributed by atoms with van der Waals surface area (Å²) in [6.45, 7) is 6.10. The molecule has 7 nitrogen and oxygen atoms in total. The van der Waals surface area contributed by atoms with Crippen molar-refractivity contribution in [2.75, 3.05) is 18.0 Å². The summed E-state index contributed by atoms with van der Waals surface area (Å²) in [6, 6.07) is 10.5. The van der Waals surface area contributed by atoms with Crippen LogP contribution in [-0.2, 0) is 12.8 Å². The first-order chi connectivity index (χ1) is 14.7. The monoisotopic (exact) mass is 422 g/mol. The molecule has 8 heteroatoms. The Balaban J connectivity index is 1.39. The van der Waals surface area contributed by atoms with Crippen LogP contribution in [0.1, 0.15) is 50.7 Å². The lowest BCUT2D eigenvalue weighted by Crippen LogP contribution is -2.35. The number of hydrogen-bond acceptors (Lipinski definition) is 6. The third kappa shape index (κ3) is 3.29. The largest absolute Gasteiger partial charge is 0.347 e. The molecule has 1 aromatic carbocycles. The van der Waals surface area contributed by atoms with Crippen molar-refractivity contribution in [3.05, 3.63) is 52.2 Å². The first-order valence-corrected chi connectivity index (χ1v) is 11.6. The van der Waals surface area contributed by atoms with Gasteiger partial charge in [-0.2, -0.15) is 4.52 Å². The van der Waals surface area contributed by atoms with E-state index in [-0.39, 0.29) is 5.56 Å². The maximum Gasteiger partial charge on any atom is 0.275 e. The van der Waals surface area contributed by atoms with Crippen molar-refractivity contribution in [1.29, 1.82) is 0 Å². The molecule has 0 N–H and O–H groups in total. The number of anilines is 1. The number of aryl methyl sites for hydroxylation is 2. The van der Waals surface area contributed by atoms with Crippen LogP contribution in [0.3, 0.4) is 0 Å². The van der Waals surface area contributed by atoms with Gasteiger partial charge < -0.3 is 9.47 Å². The van der Waals surface area contributed by atoms with E-state index in [9.17, 15) is 4.79 Å². The van der Waals surface area contributed by atoms with Crippen molar-refractivity contribution in [1.82, 2.24) is 24.1 Å².